The second kappa shape index (κ2) is 6.16. The molecule has 0 aliphatic rings. The third kappa shape index (κ3) is 3.16. The van der Waals surface area contributed by atoms with Crippen LogP contribution in [-0.4, -0.2) is 0 Å². The Morgan fingerprint density at radius 2 is 1.72 bits per heavy atom. The van der Waals surface area contributed by atoms with Crippen molar-refractivity contribution in [2.75, 3.05) is 5.43 Å². The number of rotatable bonds is 4. The zero-order valence-corrected chi connectivity index (χ0v) is 9.74. The maximum Gasteiger partial charge on any atom is 0.101 e. The SMILES string of the molecule is N#Cc1ccccc1NN=NCc1ccccc1. The predicted molar refractivity (Wildman–Crippen MR) is 69.8 cm³/mol. The first-order chi connectivity index (χ1) is 8.90. The maximum absolute atomic E-state index is 8.89. The van der Waals surface area contributed by atoms with E-state index in [1.54, 1.807) is 12.1 Å². The number of hydrogen-bond acceptors (Lipinski definition) is 3. The highest BCUT2D eigenvalue weighted by atomic mass is 15.4. The fourth-order valence-corrected chi connectivity index (χ4v) is 1.47. The topological polar surface area (TPSA) is 60.5 Å². The first kappa shape index (κ1) is 11.8. The first-order valence-electron chi connectivity index (χ1n) is 5.56. The lowest BCUT2D eigenvalue weighted by Crippen LogP contribution is -1.90. The molecule has 2 aromatic carbocycles. The molecule has 0 unspecified atom stereocenters. The van der Waals surface area contributed by atoms with Gasteiger partial charge < -0.3 is 0 Å². The molecule has 0 radical (unpaired) electrons. The van der Waals surface area contributed by atoms with E-state index in [-0.39, 0.29) is 0 Å². The number of benzene rings is 2. The van der Waals surface area contributed by atoms with Gasteiger partial charge in [0.05, 0.1) is 17.8 Å². The van der Waals surface area contributed by atoms with E-state index < -0.39 is 0 Å². The quantitative estimate of drug-likeness (QED) is 0.652. The van der Waals surface area contributed by atoms with Crippen LogP contribution in [-0.2, 0) is 6.54 Å². The average Bonchev–Trinajstić information content (AvgIpc) is 2.45. The number of nitriles is 1. The maximum atomic E-state index is 8.89. The lowest BCUT2D eigenvalue weighted by Gasteiger charge is -2.00. The first-order valence-corrected chi connectivity index (χ1v) is 5.56. The molecule has 2 aromatic rings. The normalized spacial score (nSPS) is 10.2. The summed E-state index contributed by atoms with van der Waals surface area (Å²) in [7, 11) is 0. The minimum absolute atomic E-state index is 0.516. The van der Waals surface area contributed by atoms with E-state index >= 15 is 0 Å². The molecule has 0 atom stereocenters. The molecule has 0 saturated heterocycles. The molecule has 1 N–H and O–H groups in total. The van der Waals surface area contributed by atoms with Crippen LogP contribution < -0.4 is 5.43 Å². The van der Waals surface area contributed by atoms with Crippen molar-refractivity contribution in [3.63, 3.8) is 0 Å². The Morgan fingerprint density at radius 3 is 2.50 bits per heavy atom. The highest BCUT2D eigenvalue weighted by Gasteiger charge is 1.97. The average molecular weight is 236 g/mol. The van der Waals surface area contributed by atoms with E-state index in [1.165, 1.54) is 0 Å². The van der Waals surface area contributed by atoms with Crippen LogP contribution in [0.4, 0.5) is 5.69 Å². The summed E-state index contributed by atoms with van der Waals surface area (Å²) in [6, 6.07) is 19.1. The third-order valence-corrected chi connectivity index (χ3v) is 2.38. The lowest BCUT2D eigenvalue weighted by atomic mass is 10.2. The highest BCUT2D eigenvalue weighted by Crippen LogP contribution is 2.13. The summed E-state index contributed by atoms with van der Waals surface area (Å²) in [6.45, 7) is 0.516. The minimum Gasteiger partial charge on any atom is -0.259 e. The second-order valence-electron chi connectivity index (χ2n) is 3.65. The molecule has 0 aliphatic heterocycles. The number of hydrogen-bond donors (Lipinski definition) is 1. The van der Waals surface area contributed by atoms with Crippen molar-refractivity contribution in [1.82, 2.24) is 0 Å². The van der Waals surface area contributed by atoms with Gasteiger partial charge in [0.25, 0.3) is 0 Å². The molecule has 0 amide bonds. The van der Waals surface area contributed by atoms with Crippen LogP contribution in [0.1, 0.15) is 11.1 Å². The standard InChI is InChI=1S/C14H12N4/c15-10-13-8-4-5-9-14(13)17-18-16-11-12-6-2-1-3-7-12/h1-9H,11H2,(H,16,17). The molecule has 0 aliphatic carbocycles. The van der Waals surface area contributed by atoms with Crippen LogP contribution in [0, 0.1) is 11.3 Å². The molecular formula is C14H12N4. The zero-order chi connectivity index (χ0) is 12.6. The van der Waals surface area contributed by atoms with Crippen molar-refractivity contribution in [2.45, 2.75) is 6.54 Å². The van der Waals surface area contributed by atoms with E-state index in [4.69, 9.17) is 5.26 Å². The molecule has 4 nitrogen and oxygen atoms in total. The van der Waals surface area contributed by atoms with E-state index in [0.29, 0.717) is 17.8 Å². The van der Waals surface area contributed by atoms with Gasteiger partial charge in [-0.15, -0.1) is 0 Å². The Hall–Kier alpha value is -2.67. The van der Waals surface area contributed by atoms with Gasteiger partial charge in [0.15, 0.2) is 0 Å². The molecule has 88 valence electrons. The van der Waals surface area contributed by atoms with E-state index in [9.17, 15) is 0 Å². The summed E-state index contributed by atoms with van der Waals surface area (Å²) in [5.74, 6) is 0. The zero-order valence-electron chi connectivity index (χ0n) is 9.74. The molecule has 4 heteroatoms. The van der Waals surface area contributed by atoms with Gasteiger partial charge >= 0.3 is 0 Å². The van der Waals surface area contributed by atoms with Crippen LogP contribution in [0.25, 0.3) is 0 Å². The molecular weight excluding hydrogens is 224 g/mol. The Labute approximate surface area is 106 Å². The monoisotopic (exact) mass is 236 g/mol. The molecule has 0 heterocycles. The highest BCUT2D eigenvalue weighted by molar-refractivity contribution is 5.56. The molecule has 0 aromatic heterocycles. The molecule has 18 heavy (non-hydrogen) atoms. The molecule has 0 fully saturated rings. The number of nitrogens with zero attached hydrogens (tertiary/aromatic N) is 3. The summed E-state index contributed by atoms with van der Waals surface area (Å²) in [6.07, 6.45) is 0. The molecule has 0 saturated carbocycles. The van der Waals surface area contributed by atoms with Gasteiger partial charge in [-0.3, -0.25) is 5.43 Å². The molecule has 0 bridgehead atoms. The number of anilines is 1. The number of nitrogens with one attached hydrogen (secondary N) is 1. The fraction of sp³-hybridized carbons (Fsp3) is 0.0714. The summed E-state index contributed by atoms with van der Waals surface area (Å²) >= 11 is 0. The number of para-hydroxylation sites is 1. The van der Waals surface area contributed by atoms with Crippen molar-refractivity contribution in [3.8, 4) is 6.07 Å². The van der Waals surface area contributed by atoms with Gasteiger partial charge in [-0.1, -0.05) is 47.7 Å². The van der Waals surface area contributed by atoms with Gasteiger partial charge in [-0.05, 0) is 17.7 Å². The lowest BCUT2D eigenvalue weighted by molar-refractivity contribution is 0.924. The van der Waals surface area contributed by atoms with Gasteiger partial charge in [-0.25, -0.2) is 0 Å². The predicted octanol–water partition coefficient (Wildman–Crippen LogP) is 3.54. The summed E-state index contributed by atoms with van der Waals surface area (Å²) in [5.41, 5.74) is 5.08. The van der Waals surface area contributed by atoms with Crippen molar-refractivity contribution < 1.29 is 0 Å². The second-order valence-corrected chi connectivity index (χ2v) is 3.65. The van der Waals surface area contributed by atoms with E-state index in [0.717, 1.165) is 5.56 Å². The Kier molecular flexibility index (Phi) is 4.04. The molecule has 0 spiro atoms. The Balaban J connectivity index is 1.94. The van der Waals surface area contributed by atoms with Crippen molar-refractivity contribution in [3.05, 3.63) is 65.7 Å². The van der Waals surface area contributed by atoms with Crippen LogP contribution >= 0.6 is 0 Å². The van der Waals surface area contributed by atoms with Gasteiger partial charge in [0.1, 0.15) is 6.07 Å². The van der Waals surface area contributed by atoms with Gasteiger partial charge in [0.2, 0.25) is 0 Å². The van der Waals surface area contributed by atoms with E-state index in [1.807, 2.05) is 42.5 Å². The molecule has 2 rings (SSSR count). The van der Waals surface area contributed by atoms with Crippen LogP contribution in [0.15, 0.2) is 64.9 Å². The Bertz CT molecular complexity index is 570. The third-order valence-electron chi connectivity index (χ3n) is 2.38. The van der Waals surface area contributed by atoms with Crippen molar-refractivity contribution in [1.29, 1.82) is 5.26 Å². The van der Waals surface area contributed by atoms with Gasteiger partial charge in [-0.2, -0.15) is 10.4 Å². The van der Waals surface area contributed by atoms with Gasteiger partial charge in [0, 0.05) is 0 Å². The van der Waals surface area contributed by atoms with Crippen LogP contribution in [0.5, 0.6) is 0 Å². The van der Waals surface area contributed by atoms with Crippen LogP contribution in [0.3, 0.4) is 0 Å². The summed E-state index contributed by atoms with van der Waals surface area (Å²) in [5, 5.41) is 16.8. The Morgan fingerprint density at radius 1 is 1.00 bits per heavy atom. The minimum atomic E-state index is 0.516. The smallest absolute Gasteiger partial charge is 0.101 e. The van der Waals surface area contributed by atoms with E-state index in [2.05, 4.69) is 21.8 Å². The van der Waals surface area contributed by atoms with Crippen molar-refractivity contribution >= 4 is 5.69 Å². The van der Waals surface area contributed by atoms with Crippen molar-refractivity contribution in [2.24, 2.45) is 10.3 Å². The summed E-state index contributed by atoms with van der Waals surface area (Å²) < 4.78 is 0. The summed E-state index contributed by atoms with van der Waals surface area (Å²) in [4.78, 5) is 0. The fourth-order valence-electron chi connectivity index (χ4n) is 1.47. The van der Waals surface area contributed by atoms with Crippen LogP contribution in [0.2, 0.25) is 0 Å². The largest absolute Gasteiger partial charge is 0.259 e.